The molecular formula is C15H30O2. The van der Waals surface area contributed by atoms with E-state index in [9.17, 15) is 5.11 Å². The molecule has 0 bridgehead atoms. The smallest absolute Gasteiger partial charge is 0.0940 e. The Hall–Kier alpha value is -0.0800. The van der Waals surface area contributed by atoms with Crippen LogP contribution in [0.1, 0.15) is 72.1 Å². The molecule has 0 aromatic rings. The Morgan fingerprint density at radius 1 is 1.06 bits per heavy atom. The van der Waals surface area contributed by atoms with Crippen LogP contribution in [0.5, 0.6) is 0 Å². The average molecular weight is 242 g/mol. The van der Waals surface area contributed by atoms with Gasteiger partial charge in [-0.3, -0.25) is 0 Å². The lowest BCUT2D eigenvalue weighted by atomic mass is 9.77. The van der Waals surface area contributed by atoms with E-state index in [2.05, 4.69) is 13.8 Å². The van der Waals surface area contributed by atoms with Gasteiger partial charge < -0.3 is 9.84 Å². The van der Waals surface area contributed by atoms with E-state index in [0.717, 1.165) is 38.7 Å². The van der Waals surface area contributed by atoms with Gasteiger partial charge in [-0.1, -0.05) is 46.0 Å². The van der Waals surface area contributed by atoms with E-state index in [4.69, 9.17) is 4.74 Å². The van der Waals surface area contributed by atoms with Gasteiger partial charge in [0.15, 0.2) is 0 Å². The van der Waals surface area contributed by atoms with Crippen molar-refractivity contribution in [3.05, 3.63) is 0 Å². The van der Waals surface area contributed by atoms with E-state index in [1.54, 1.807) is 0 Å². The predicted molar refractivity (Wildman–Crippen MR) is 72.1 cm³/mol. The van der Waals surface area contributed by atoms with Crippen LogP contribution in [-0.2, 0) is 4.74 Å². The summed E-state index contributed by atoms with van der Waals surface area (Å²) in [6.07, 6.45) is 8.77. The minimum Gasteiger partial charge on any atom is -0.390 e. The van der Waals surface area contributed by atoms with Crippen LogP contribution in [0.4, 0.5) is 0 Å². The molecule has 0 spiro atoms. The summed E-state index contributed by atoms with van der Waals surface area (Å²) in [4.78, 5) is 0. The highest BCUT2D eigenvalue weighted by Gasteiger charge is 2.40. The molecule has 1 rings (SSSR count). The molecule has 1 N–H and O–H groups in total. The molecule has 1 aliphatic carbocycles. The Kier molecular flexibility index (Phi) is 6.50. The lowest BCUT2D eigenvalue weighted by Gasteiger charge is -2.41. The SMILES string of the molecule is CCOC1(C(O)CC(CC)CC)CCCCC1. The highest BCUT2D eigenvalue weighted by atomic mass is 16.5. The maximum atomic E-state index is 10.6. The molecule has 102 valence electrons. The Morgan fingerprint density at radius 2 is 1.65 bits per heavy atom. The standard InChI is InChI=1S/C15H30O2/c1-4-13(5-2)12-14(16)15(17-6-3)10-8-7-9-11-15/h13-14,16H,4-12H2,1-3H3. The number of rotatable bonds is 7. The van der Waals surface area contributed by atoms with Gasteiger partial charge in [-0.2, -0.15) is 0 Å². The predicted octanol–water partition coefficient (Wildman–Crippen LogP) is 3.91. The zero-order valence-corrected chi connectivity index (χ0v) is 11.9. The first-order valence-electron chi connectivity index (χ1n) is 7.50. The van der Waals surface area contributed by atoms with E-state index in [1.165, 1.54) is 19.3 Å². The van der Waals surface area contributed by atoms with E-state index in [1.807, 2.05) is 6.92 Å². The van der Waals surface area contributed by atoms with Crippen molar-refractivity contribution in [3.63, 3.8) is 0 Å². The molecule has 1 saturated carbocycles. The van der Waals surface area contributed by atoms with Crippen LogP contribution in [0, 0.1) is 5.92 Å². The van der Waals surface area contributed by atoms with Gasteiger partial charge in [0.25, 0.3) is 0 Å². The third kappa shape index (κ3) is 3.96. The third-order valence-electron chi connectivity index (χ3n) is 4.45. The molecule has 2 nitrogen and oxygen atoms in total. The molecule has 0 amide bonds. The normalized spacial score (nSPS) is 21.7. The van der Waals surface area contributed by atoms with Crippen LogP contribution in [0.3, 0.4) is 0 Å². The second-order valence-corrected chi connectivity index (χ2v) is 5.49. The van der Waals surface area contributed by atoms with Gasteiger partial charge in [-0.25, -0.2) is 0 Å². The average Bonchev–Trinajstić information content (AvgIpc) is 2.37. The van der Waals surface area contributed by atoms with E-state index < -0.39 is 0 Å². The molecule has 0 saturated heterocycles. The van der Waals surface area contributed by atoms with Crippen LogP contribution in [0.25, 0.3) is 0 Å². The minimum atomic E-state index is -0.271. The van der Waals surface area contributed by atoms with Crippen molar-refractivity contribution < 1.29 is 9.84 Å². The molecule has 0 aromatic heterocycles. The largest absolute Gasteiger partial charge is 0.390 e. The third-order valence-corrected chi connectivity index (χ3v) is 4.45. The first kappa shape index (κ1) is 15.0. The molecule has 17 heavy (non-hydrogen) atoms. The van der Waals surface area contributed by atoms with Gasteiger partial charge in [-0.15, -0.1) is 0 Å². The fraction of sp³-hybridized carbons (Fsp3) is 1.00. The Bertz CT molecular complexity index is 188. The first-order chi connectivity index (χ1) is 8.18. The molecule has 1 fully saturated rings. The summed E-state index contributed by atoms with van der Waals surface area (Å²) >= 11 is 0. The van der Waals surface area contributed by atoms with E-state index in [-0.39, 0.29) is 11.7 Å². The molecule has 0 radical (unpaired) electrons. The molecule has 0 heterocycles. The highest BCUT2D eigenvalue weighted by Crippen LogP contribution is 2.37. The zero-order chi connectivity index (χ0) is 12.7. The van der Waals surface area contributed by atoms with Crippen molar-refractivity contribution in [2.24, 2.45) is 5.92 Å². The Labute approximate surface area is 107 Å². The second kappa shape index (κ2) is 7.38. The van der Waals surface area contributed by atoms with Crippen molar-refractivity contribution in [1.82, 2.24) is 0 Å². The summed E-state index contributed by atoms with van der Waals surface area (Å²) in [5.41, 5.74) is -0.227. The number of aliphatic hydroxyl groups excluding tert-OH is 1. The van der Waals surface area contributed by atoms with Gasteiger partial charge in [0.2, 0.25) is 0 Å². The Balaban J connectivity index is 2.61. The Morgan fingerprint density at radius 3 is 2.12 bits per heavy atom. The number of hydrogen-bond donors (Lipinski definition) is 1. The van der Waals surface area contributed by atoms with Gasteiger partial charge in [0.1, 0.15) is 0 Å². The van der Waals surface area contributed by atoms with Gasteiger partial charge in [0, 0.05) is 6.61 Å². The van der Waals surface area contributed by atoms with Crippen molar-refractivity contribution in [1.29, 1.82) is 0 Å². The van der Waals surface area contributed by atoms with E-state index in [0.29, 0.717) is 5.92 Å². The molecule has 1 aliphatic rings. The highest BCUT2D eigenvalue weighted by molar-refractivity contribution is 4.92. The quantitative estimate of drug-likeness (QED) is 0.733. The van der Waals surface area contributed by atoms with Gasteiger partial charge in [0.05, 0.1) is 11.7 Å². The second-order valence-electron chi connectivity index (χ2n) is 5.49. The summed E-state index contributed by atoms with van der Waals surface area (Å²) in [6.45, 7) is 7.20. The van der Waals surface area contributed by atoms with Crippen LogP contribution >= 0.6 is 0 Å². The number of hydrogen-bond acceptors (Lipinski definition) is 2. The van der Waals surface area contributed by atoms with Gasteiger partial charge in [-0.05, 0) is 32.1 Å². The van der Waals surface area contributed by atoms with Crippen LogP contribution in [-0.4, -0.2) is 23.4 Å². The van der Waals surface area contributed by atoms with Crippen molar-refractivity contribution in [3.8, 4) is 0 Å². The number of aliphatic hydroxyl groups is 1. The summed E-state index contributed by atoms with van der Waals surface area (Å²) in [7, 11) is 0. The molecule has 1 atom stereocenters. The fourth-order valence-corrected chi connectivity index (χ4v) is 3.16. The molecule has 0 aliphatic heterocycles. The van der Waals surface area contributed by atoms with Crippen LogP contribution in [0.2, 0.25) is 0 Å². The minimum absolute atomic E-state index is 0.227. The summed E-state index contributed by atoms with van der Waals surface area (Å²) in [6, 6.07) is 0. The maximum Gasteiger partial charge on any atom is 0.0940 e. The number of ether oxygens (including phenoxy) is 1. The lowest BCUT2D eigenvalue weighted by Crippen LogP contribution is -2.47. The van der Waals surface area contributed by atoms with Crippen LogP contribution < -0.4 is 0 Å². The van der Waals surface area contributed by atoms with Crippen LogP contribution in [0.15, 0.2) is 0 Å². The summed E-state index contributed by atoms with van der Waals surface area (Å²) < 4.78 is 5.97. The maximum absolute atomic E-state index is 10.6. The fourth-order valence-electron chi connectivity index (χ4n) is 3.16. The summed E-state index contributed by atoms with van der Waals surface area (Å²) in [5.74, 6) is 0.643. The van der Waals surface area contributed by atoms with Gasteiger partial charge >= 0.3 is 0 Å². The molecule has 0 aromatic carbocycles. The molecular weight excluding hydrogens is 212 g/mol. The van der Waals surface area contributed by atoms with Crippen molar-refractivity contribution >= 4 is 0 Å². The zero-order valence-electron chi connectivity index (χ0n) is 11.9. The van der Waals surface area contributed by atoms with Crippen molar-refractivity contribution in [2.75, 3.05) is 6.61 Å². The first-order valence-corrected chi connectivity index (χ1v) is 7.50. The molecule has 1 unspecified atom stereocenters. The lowest BCUT2D eigenvalue weighted by molar-refractivity contribution is -0.145. The van der Waals surface area contributed by atoms with Crippen molar-refractivity contribution in [2.45, 2.75) is 83.8 Å². The monoisotopic (exact) mass is 242 g/mol. The molecule has 2 heteroatoms. The summed E-state index contributed by atoms with van der Waals surface area (Å²) in [5, 5.41) is 10.6. The van der Waals surface area contributed by atoms with E-state index >= 15 is 0 Å². The topological polar surface area (TPSA) is 29.5 Å².